The molecule has 0 amide bonds. The molecule has 0 bridgehead atoms. The minimum absolute atomic E-state index is 0. The molecule has 12 aromatic rings. The fourth-order valence-corrected chi connectivity index (χ4v) is 12.4. The Morgan fingerprint density at radius 3 is 0.921 bits per heavy atom. The Morgan fingerprint density at radius 1 is 0.237 bits per heavy atom. The molecular formula is C74H70Y2-2. The first-order valence-corrected chi connectivity index (χ1v) is 27.3. The molecule has 0 unspecified atom stereocenters. The molecule has 0 N–H and O–H groups in total. The number of fused-ring (bicyclic) bond motifs is 12. The first kappa shape index (κ1) is 57.8. The van der Waals surface area contributed by atoms with Crippen LogP contribution in [0, 0.1) is 13.8 Å². The Balaban J connectivity index is 0.000000191. The zero-order chi connectivity index (χ0) is 52.0. The summed E-state index contributed by atoms with van der Waals surface area (Å²) in [7, 11) is 0. The summed E-state index contributed by atoms with van der Waals surface area (Å²) in [4.78, 5) is 0. The van der Waals surface area contributed by atoms with E-state index < -0.39 is 0 Å². The first-order chi connectivity index (χ1) is 36.6. The van der Waals surface area contributed by atoms with Gasteiger partial charge in [-0.2, -0.15) is 0 Å². The molecule has 0 atom stereocenters. The summed E-state index contributed by atoms with van der Waals surface area (Å²) < 4.78 is 0. The van der Waals surface area contributed by atoms with Crippen LogP contribution in [0.2, 0.25) is 0 Å². The number of hydrogen-bond acceptors (Lipinski definition) is 0. The topological polar surface area (TPSA) is 0 Å². The van der Waals surface area contributed by atoms with E-state index in [0.717, 1.165) is 0 Å². The summed E-state index contributed by atoms with van der Waals surface area (Å²) in [5.74, 6) is 0. The second kappa shape index (κ2) is 25.5. The molecule has 0 saturated carbocycles. The van der Waals surface area contributed by atoms with Crippen molar-refractivity contribution in [3.05, 3.63) is 298 Å². The molecule has 2 radical (unpaired) electrons. The summed E-state index contributed by atoms with van der Waals surface area (Å²) in [6.45, 7) is 20.5. The van der Waals surface area contributed by atoms with Crippen LogP contribution in [0.15, 0.2) is 243 Å². The Kier molecular flexibility index (Phi) is 19.4. The van der Waals surface area contributed by atoms with Crippen molar-refractivity contribution < 1.29 is 65.4 Å². The zero-order valence-electron chi connectivity index (χ0n) is 46.2. The Labute approximate surface area is 504 Å². The third-order valence-electron chi connectivity index (χ3n) is 15.2. The predicted octanol–water partition coefficient (Wildman–Crippen LogP) is 20.9. The fourth-order valence-electron chi connectivity index (χ4n) is 12.4. The van der Waals surface area contributed by atoms with Crippen LogP contribution in [0.25, 0.3) is 65.3 Å². The maximum absolute atomic E-state index is 2.49. The predicted molar refractivity (Wildman–Crippen MR) is 324 cm³/mol. The molecule has 2 heteroatoms. The van der Waals surface area contributed by atoms with Crippen molar-refractivity contribution in [2.75, 3.05) is 0 Å². The summed E-state index contributed by atoms with van der Waals surface area (Å²) >= 11 is 0. The van der Waals surface area contributed by atoms with E-state index in [0.29, 0.717) is 0 Å². The molecule has 2 aliphatic carbocycles. The standard InChI is InChI=1S/2C33H23.4C2H6.2Y/c1-22-25-16-8-9-17-26(25)29-20-30-27-18-10-11-19-31(27)33(32(30)21-28(22)29,23-12-4-2-5-13-23)24-14-6-3-7-15-24;1-22-25-16-8-9-17-26(25)29-21-32-30(20-28(22)29)27-18-10-11-19-31(27)33(32,23-12-4-2-5-13-23)24-14-6-3-7-15-24;4*1-2;;/h2*2-21H,1H3;4*1-2H3;;/q2*-1;;;;;;. The van der Waals surface area contributed by atoms with Crippen LogP contribution in [0.4, 0.5) is 0 Å². The van der Waals surface area contributed by atoms with E-state index in [4.69, 9.17) is 0 Å². The summed E-state index contributed by atoms with van der Waals surface area (Å²) in [5, 5.41) is 10.8. The van der Waals surface area contributed by atoms with Crippen LogP contribution in [0.1, 0.15) is 111 Å². The van der Waals surface area contributed by atoms with Crippen molar-refractivity contribution in [1.82, 2.24) is 0 Å². The van der Waals surface area contributed by atoms with E-state index in [2.05, 4.69) is 257 Å². The first-order valence-electron chi connectivity index (χ1n) is 27.3. The number of benzene rings is 10. The van der Waals surface area contributed by atoms with Gasteiger partial charge in [0.2, 0.25) is 0 Å². The second-order valence-electron chi connectivity index (χ2n) is 18.3. The van der Waals surface area contributed by atoms with Crippen molar-refractivity contribution in [3.63, 3.8) is 0 Å². The van der Waals surface area contributed by atoms with Gasteiger partial charge in [0.15, 0.2) is 0 Å². The van der Waals surface area contributed by atoms with Gasteiger partial charge in [-0.25, -0.2) is 0 Å². The number of rotatable bonds is 4. The van der Waals surface area contributed by atoms with Crippen LogP contribution >= 0.6 is 0 Å². The van der Waals surface area contributed by atoms with Crippen LogP contribution in [0.3, 0.4) is 0 Å². The molecule has 2 aliphatic rings. The average Bonchev–Trinajstić information content (AvgIpc) is 4.16. The molecule has 0 heterocycles. The van der Waals surface area contributed by atoms with Crippen LogP contribution < -0.4 is 0 Å². The SMILES string of the molecule is CC.CC.CC.CC.C[c-]1c2ccccc2c2cc3c(cc21)-c1ccccc1C3(c1ccccc1)c1ccccc1.C[c-]1c2ccccc2c2cc3c(cc21)C(c1ccccc1)(c1ccccc1)c1ccccc1-3.[Y].[Y]. The van der Waals surface area contributed by atoms with E-state index in [1.807, 2.05) is 55.4 Å². The van der Waals surface area contributed by atoms with Gasteiger partial charge in [-0.3, -0.25) is 0 Å². The van der Waals surface area contributed by atoms with Gasteiger partial charge in [0, 0.05) is 65.4 Å². The Hall–Kier alpha value is -5.85. The van der Waals surface area contributed by atoms with Crippen LogP contribution in [0.5, 0.6) is 0 Å². The molecule has 0 fully saturated rings. The van der Waals surface area contributed by atoms with E-state index >= 15 is 0 Å². The second-order valence-corrected chi connectivity index (χ2v) is 18.3. The zero-order valence-corrected chi connectivity index (χ0v) is 51.9. The molecule has 374 valence electrons. The minimum Gasteiger partial charge on any atom is -0.120 e. The fraction of sp³-hybridized carbons (Fsp3) is 0.162. The largest absolute Gasteiger partial charge is 0.120 e. The third kappa shape index (κ3) is 9.26. The van der Waals surface area contributed by atoms with Crippen LogP contribution in [-0.4, -0.2) is 0 Å². The maximum Gasteiger partial charge on any atom is 0.0700 e. The minimum atomic E-state index is -0.338. The van der Waals surface area contributed by atoms with Crippen molar-refractivity contribution >= 4 is 43.1 Å². The summed E-state index contributed by atoms with van der Waals surface area (Å²) in [5.41, 5.74) is 18.2. The summed E-state index contributed by atoms with van der Waals surface area (Å²) in [6, 6.07) is 89.6. The quantitative estimate of drug-likeness (QED) is 0.154. The number of aryl methyl sites for hydroxylation is 2. The molecule has 0 nitrogen and oxygen atoms in total. The van der Waals surface area contributed by atoms with Gasteiger partial charge in [-0.1, -0.05) is 293 Å². The summed E-state index contributed by atoms with van der Waals surface area (Å²) in [6.07, 6.45) is 0. The molecular weight excluding hydrogens is 1070 g/mol. The van der Waals surface area contributed by atoms with Gasteiger partial charge in [0.1, 0.15) is 0 Å². The number of hydrogen-bond donors (Lipinski definition) is 0. The van der Waals surface area contributed by atoms with Crippen molar-refractivity contribution in [2.24, 2.45) is 0 Å². The maximum atomic E-state index is 2.49. The van der Waals surface area contributed by atoms with Crippen molar-refractivity contribution in [1.29, 1.82) is 0 Å². The molecule has 12 aromatic carbocycles. The molecule has 0 spiro atoms. The van der Waals surface area contributed by atoms with Crippen molar-refractivity contribution in [3.8, 4) is 22.3 Å². The van der Waals surface area contributed by atoms with E-state index in [1.165, 1.54) is 121 Å². The van der Waals surface area contributed by atoms with Crippen LogP contribution in [-0.2, 0) is 76.2 Å². The van der Waals surface area contributed by atoms with Gasteiger partial charge < -0.3 is 0 Å². The Bertz CT molecular complexity index is 3740. The van der Waals surface area contributed by atoms with Gasteiger partial charge in [0.25, 0.3) is 0 Å². The van der Waals surface area contributed by atoms with Gasteiger partial charge in [0.05, 0.1) is 10.8 Å². The molecule has 0 aromatic heterocycles. The molecule has 76 heavy (non-hydrogen) atoms. The smallest absolute Gasteiger partial charge is 0.0700 e. The average molecular weight is 1140 g/mol. The normalized spacial score (nSPS) is 12.3. The van der Waals surface area contributed by atoms with E-state index in [1.54, 1.807) is 0 Å². The molecule has 0 saturated heterocycles. The third-order valence-corrected chi connectivity index (χ3v) is 15.2. The molecule has 0 aliphatic heterocycles. The monoisotopic (exact) mass is 1140 g/mol. The van der Waals surface area contributed by atoms with Gasteiger partial charge >= 0.3 is 0 Å². The van der Waals surface area contributed by atoms with E-state index in [9.17, 15) is 0 Å². The Morgan fingerprint density at radius 2 is 0.526 bits per heavy atom. The van der Waals surface area contributed by atoms with Gasteiger partial charge in [-0.05, 0) is 61.2 Å². The van der Waals surface area contributed by atoms with Gasteiger partial charge in [-0.15, -0.1) is 78.5 Å². The van der Waals surface area contributed by atoms with Crippen molar-refractivity contribution in [2.45, 2.75) is 80.1 Å². The molecule has 14 rings (SSSR count). The van der Waals surface area contributed by atoms with E-state index in [-0.39, 0.29) is 76.2 Å².